The molecule has 1 unspecified atom stereocenters. The van der Waals surface area contributed by atoms with Crippen molar-refractivity contribution >= 4 is 29.3 Å². The first-order valence-corrected chi connectivity index (χ1v) is 12.1. The highest BCUT2D eigenvalue weighted by atomic mass is 35.5. The number of methoxy groups -OCH3 is 4. The van der Waals surface area contributed by atoms with Crippen LogP contribution in [0.15, 0.2) is 35.4 Å². The molecular weight excluding hydrogens is 484 g/mol. The van der Waals surface area contributed by atoms with Crippen LogP contribution in [-0.2, 0) is 4.79 Å². The van der Waals surface area contributed by atoms with Crippen LogP contribution < -0.4 is 23.7 Å². The van der Waals surface area contributed by atoms with Gasteiger partial charge in [-0.05, 0) is 55.8 Å². The molecule has 2 aromatic carbocycles. The van der Waals surface area contributed by atoms with Crippen molar-refractivity contribution in [2.24, 2.45) is 5.10 Å². The van der Waals surface area contributed by atoms with Crippen LogP contribution in [0.1, 0.15) is 49.4 Å². The molecule has 1 atom stereocenters. The monoisotopic (exact) mass is 514 g/mol. The molecule has 0 aliphatic carbocycles. The molecule has 36 heavy (non-hydrogen) atoms. The number of hydrazone groups is 1. The van der Waals surface area contributed by atoms with E-state index in [1.165, 1.54) is 5.01 Å². The molecule has 0 N–H and O–H groups in total. The minimum Gasteiger partial charge on any atom is -0.496 e. The van der Waals surface area contributed by atoms with Crippen molar-refractivity contribution in [1.82, 2.24) is 5.01 Å². The van der Waals surface area contributed by atoms with Crippen molar-refractivity contribution in [3.63, 3.8) is 0 Å². The topological polar surface area (TPSA) is 78.8 Å². The van der Waals surface area contributed by atoms with E-state index in [2.05, 4.69) is 0 Å². The standard InChI is InChI=1S/C27H31ClN2O6/c1-27(2)11-9-18-21(32-3)8-7-17(25(18)36-27)19-15-20(30(29-19)24(31)10-12-28)16-13-22(33-4)26(35-6)23(14-16)34-5/h7-9,11,13-14,20H,10,12,15H2,1-6H3. The SMILES string of the molecule is COc1ccc(C2=NN(C(=O)CCCl)C(c3cc(OC)c(OC)c(OC)c3)C2)c2c1C=CC(C)(C)O2. The van der Waals surface area contributed by atoms with Crippen LogP contribution >= 0.6 is 11.6 Å². The number of fused-ring (bicyclic) bond motifs is 1. The molecule has 0 saturated carbocycles. The van der Waals surface area contributed by atoms with E-state index < -0.39 is 11.6 Å². The maximum Gasteiger partial charge on any atom is 0.244 e. The lowest BCUT2D eigenvalue weighted by Crippen LogP contribution is -2.28. The fraction of sp³-hybridized carbons (Fsp3) is 0.407. The molecule has 2 aliphatic rings. The Morgan fingerprint density at radius 2 is 1.75 bits per heavy atom. The van der Waals surface area contributed by atoms with Gasteiger partial charge in [-0.3, -0.25) is 4.79 Å². The van der Waals surface area contributed by atoms with Gasteiger partial charge in [0.1, 0.15) is 17.1 Å². The van der Waals surface area contributed by atoms with Crippen LogP contribution in [0.2, 0.25) is 0 Å². The maximum atomic E-state index is 13.1. The van der Waals surface area contributed by atoms with E-state index >= 15 is 0 Å². The number of rotatable bonds is 8. The Balaban J connectivity index is 1.82. The number of nitrogens with zero attached hydrogens (tertiary/aromatic N) is 2. The van der Waals surface area contributed by atoms with Gasteiger partial charge in [0.25, 0.3) is 0 Å². The number of hydrogen-bond acceptors (Lipinski definition) is 7. The zero-order chi connectivity index (χ0) is 26.0. The van der Waals surface area contributed by atoms with Crippen LogP contribution in [0.4, 0.5) is 0 Å². The third-order valence-electron chi connectivity index (χ3n) is 6.25. The first-order valence-electron chi connectivity index (χ1n) is 11.6. The predicted molar refractivity (Wildman–Crippen MR) is 139 cm³/mol. The molecule has 4 rings (SSSR count). The first-order chi connectivity index (χ1) is 17.3. The van der Waals surface area contributed by atoms with Gasteiger partial charge < -0.3 is 23.7 Å². The number of ether oxygens (including phenoxy) is 5. The van der Waals surface area contributed by atoms with Gasteiger partial charge in [-0.15, -0.1) is 11.6 Å². The Hall–Kier alpha value is -3.39. The molecule has 0 aromatic heterocycles. The lowest BCUT2D eigenvalue weighted by atomic mass is 9.93. The second-order valence-electron chi connectivity index (χ2n) is 9.00. The fourth-order valence-corrected chi connectivity index (χ4v) is 4.65. The van der Waals surface area contributed by atoms with Crippen LogP contribution in [0.3, 0.4) is 0 Å². The Morgan fingerprint density at radius 3 is 2.33 bits per heavy atom. The summed E-state index contributed by atoms with van der Waals surface area (Å²) >= 11 is 5.92. The number of carbonyl (C=O) groups is 1. The second-order valence-corrected chi connectivity index (χ2v) is 9.38. The smallest absolute Gasteiger partial charge is 0.244 e. The summed E-state index contributed by atoms with van der Waals surface area (Å²) in [6, 6.07) is 7.11. The largest absolute Gasteiger partial charge is 0.496 e. The molecule has 9 heteroatoms. The molecule has 2 aliphatic heterocycles. The van der Waals surface area contributed by atoms with Crippen LogP contribution in [0.5, 0.6) is 28.7 Å². The summed E-state index contributed by atoms with van der Waals surface area (Å²) in [4.78, 5) is 13.1. The lowest BCUT2D eigenvalue weighted by Gasteiger charge is -2.30. The van der Waals surface area contributed by atoms with E-state index in [-0.39, 0.29) is 18.2 Å². The molecule has 2 aromatic rings. The summed E-state index contributed by atoms with van der Waals surface area (Å²) in [5.74, 6) is 2.88. The van der Waals surface area contributed by atoms with Crippen molar-refractivity contribution in [3.8, 4) is 28.7 Å². The van der Waals surface area contributed by atoms with E-state index in [1.54, 1.807) is 28.4 Å². The van der Waals surface area contributed by atoms with Gasteiger partial charge >= 0.3 is 0 Å². The number of hydrogen-bond donors (Lipinski definition) is 0. The molecule has 0 fully saturated rings. The van der Waals surface area contributed by atoms with E-state index in [4.69, 9.17) is 40.4 Å². The zero-order valence-electron chi connectivity index (χ0n) is 21.4. The van der Waals surface area contributed by atoms with Gasteiger partial charge in [0.05, 0.1) is 45.8 Å². The summed E-state index contributed by atoms with van der Waals surface area (Å²) in [7, 11) is 6.30. The Labute approximate surface area is 216 Å². The summed E-state index contributed by atoms with van der Waals surface area (Å²) in [6.45, 7) is 3.97. The second kappa shape index (κ2) is 10.3. The predicted octanol–water partition coefficient (Wildman–Crippen LogP) is 5.21. The molecule has 192 valence electrons. The summed E-state index contributed by atoms with van der Waals surface area (Å²) in [6.07, 6.45) is 4.61. The minimum absolute atomic E-state index is 0.159. The highest BCUT2D eigenvalue weighted by Gasteiger charge is 2.37. The van der Waals surface area contributed by atoms with Gasteiger partial charge in [0, 0.05) is 24.3 Å². The summed E-state index contributed by atoms with van der Waals surface area (Å²) in [5.41, 5.74) is 2.67. The molecule has 1 amide bonds. The Bertz CT molecular complexity index is 1200. The van der Waals surface area contributed by atoms with E-state index in [1.807, 2.05) is 50.3 Å². The number of halogens is 1. The maximum absolute atomic E-state index is 13.1. The minimum atomic E-state index is -0.502. The van der Waals surface area contributed by atoms with Crippen molar-refractivity contribution in [1.29, 1.82) is 0 Å². The van der Waals surface area contributed by atoms with Gasteiger partial charge in [-0.1, -0.05) is 0 Å². The van der Waals surface area contributed by atoms with Gasteiger partial charge in [-0.25, -0.2) is 5.01 Å². The number of carbonyl (C=O) groups excluding carboxylic acids is 1. The lowest BCUT2D eigenvalue weighted by molar-refractivity contribution is -0.132. The summed E-state index contributed by atoms with van der Waals surface area (Å²) in [5, 5.41) is 6.28. The highest BCUT2D eigenvalue weighted by Crippen LogP contribution is 2.45. The zero-order valence-corrected chi connectivity index (χ0v) is 22.1. The molecule has 0 saturated heterocycles. The third kappa shape index (κ3) is 4.69. The van der Waals surface area contributed by atoms with E-state index in [0.29, 0.717) is 35.2 Å². The fourth-order valence-electron chi connectivity index (χ4n) is 4.49. The normalized spacial score (nSPS) is 17.7. The van der Waals surface area contributed by atoms with Crippen LogP contribution in [-0.4, -0.2) is 56.5 Å². The number of benzene rings is 2. The van der Waals surface area contributed by atoms with Crippen LogP contribution in [0.25, 0.3) is 6.08 Å². The molecular formula is C27H31ClN2O6. The van der Waals surface area contributed by atoms with Gasteiger partial charge in [0.15, 0.2) is 11.5 Å². The van der Waals surface area contributed by atoms with Crippen molar-refractivity contribution in [3.05, 3.63) is 47.0 Å². The van der Waals surface area contributed by atoms with Gasteiger partial charge in [0.2, 0.25) is 11.7 Å². The first kappa shape index (κ1) is 25.7. The Kier molecular flexibility index (Phi) is 7.36. The molecule has 8 nitrogen and oxygen atoms in total. The van der Waals surface area contributed by atoms with E-state index in [0.717, 1.165) is 22.4 Å². The van der Waals surface area contributed by atoms with Crippen molar-refractivity contribution in [2.45, 2.75) is 38.3 Å². The molecule has 0 bridgehead atoms. The molecule has 0 spiro atoms. The number of alkyl halides is 1. The van der Waals surface area contributed by atoms with E-state index in [9.17, 15) is 4.79 Å². The average Bonchev–Trinajstić information content (AvgIpc) is 3.32. The van der Waals surface area contributed by atoms with Crippen LogP contribution in [0, 0.1) is 0 Å². The molecule has 2 heterocycles. The highest BCUT2D eigenvalue weighted by molar-refractivity contribution is 6.19. The number of amides is 1. The Morgan fingerprint density at radius 1 is 1.08 bits per heavy atom. The average molecular weight is 515 g/mol. The quantitative estimate of drug-likeness (QED) is 0.450. The van der Waals surface area contributed by atoms with Crippen molar-refractivity contribution < 1.29 is 28.5 Å². The van der Waals surface area contributed by atoms with Crippen molar-refractivity contribution in [2.75, 3.05) is 34.3 Å². The van der Waals surface area contributed by atoms with Gasteiger partial charge in [-0.2, -0.15) is 5.10 Å². The molecule has 0 radical (unpaired) electrons. The third-order valence-corrected chi connectivity index (χ3v) is 6.44. The summed E-state index contributed by atoms with van der Waals surface area (Å²) < 4.78 is 28.5.